The SMILES string of the molecule is COc1ccc(CCNC(=O)C[NH+]2CCN(S(=O)(=O)c3ccccc3)CC2)cc1. The Balaban J connectivity index is 1.40. The average molecular weight is 419 g/mol. The van der Waals surface area contributed by atoms with Crippen molar-refractivity contribution in [3.05, 3.63) is 60.2 Å². The number of benzene rings is 2. The van der Waals surface area contributed by atoms with Crippen LogP contribution in [0, 0.1) is 0 Å². The van der Waals surface area contributed by atoms with Gasteiger partial charge in [-0.1, -0.05) is 30.3 Å². The largest absolute Gasteiger partial charge is 0.497 e. The molecule has 7 nitrogen and oxygen atoms in total. The Morgan fingerprint density at radius 3 is 2.34 bits per heavy atom. The van der Waals surface area contributed by atoms with Gasteiger partial charge in [0.2, 0.25) is 10.0 Å². The number of hydrogen-bond donors (Lipinski definition) is 2. The standard InChI is InChI=1S/C21H27N3O4S/c1-28-19-9-7-18(8-10-19)11-12-22-21(25)17-23-13-15-24(16-14-23)29(26,27)20-5-3-2-4-6-20/h2-10H,11-17H2,1H3,(H,22,25)/p+1. The number of nitrogens with zero attached hydrogens (tertiary/aromatic N) is 1. The summed E-state index contributed by atoms with van der Waals surface area (Å²) in [6, 6.07) is 16.3. The first-order valence-electron chi connectivity index (χ1n) is 9.77. The maximum Gasteiger partial charge on any atom is 0.275 e. The molecule has 3 rings (SSSR count). The van der Waals surface area contributed by atoms with Crippen molar-refractivity contribution in [3.63, 3.8) is 0 Å². The van der Waals surface area contributed by atoms with Crippen molar-refractivity contribution in [2.45, 2.75) is 11.3 Å². The summed E-state index contributed by atoms with van der Waals surface area (Å²) in [6.07, 6.45) is 0.758. The van der Waals surface area contributed by atoms with Gasteiger partial charge in [-0.25, -0.2) is 8.42 Å². The zero-order chi connectivity index (χ0) is 20.7. The summed E-state index contributed by atoms with van der Waals surface area (Å²) < 4.78 is 32.0. The molecular weight excluding hydrogens is 390 g/mol. The number of carbonyl (C=O) groups is 1. The first-order valence-corrected chi connectivity index (χ1v) is 11.2. The zero-order valence-electron chi connectivity index (χ0n) is 16.6. The molecule has 1 amide bonds. The van der Waals surface area contributed by atoms with Crippen LogP contribution in [-0.4, -0.2) is 65.0 Å². The average Bonchev–Trinajstić information content (AvgIpc) is 2.75. The van der Waals surface area contributed by atoms with Gasteiger partial charge in [-0.15, -0.1) is 0 Å². The second kappa shape index (κ2) is 9.87. The molecule has 2 N–H and O–H groups in total. The van der Waals surface area contributed by atoms with E-state index < -0.39 is 10.0 Å². The lowest BCUT2D eigenvalue weighted by Gasteiger charge is -2.31. The predicted octanol–water partition coefficient (Wildman–Crippen LogP) is -0.0567. The molecule has 0 saturated carbocycles. The van der Waals surface area contributed by atoms with Gasteiger partial charge in [0.15, 0.2) is 6.54 Å². The molecule has 2 aromatic rings. The maximum absolute atomic E-state index is 12.7. The van der Waals surface area contributed by atoms with E-state index in [1.165, 1.54) is 4.31 Å². The van der Waals surface area contributed by atoms with Gasteiger partial charge in [-0.05, 0) is 36.2 Å². The van der Waals surface area contributed by atoms with E-state index in [0.717, 1.165) is 22.6 Å². The van der Waals surface area contributed by atoms with Crippen LogP contribution in [0.1, 0.15) is 5.56 Å². The maximum atomic E-state index is 12.7. The Bertz CT molecular complexity index is 893. The molecule has 0 aliphatic carbocycles. The van der Waals surface area contributed by atoms with E-state index in [4.69, 9.17) is 4.74 Å². The molecule has 1 saturated heterocycles. The molecule has 0 radical (unpaired) electrons. The summed E-state index contributed by atoms with van der Waals surface area (Å²) in [5, 5.41) is 2.95. The van der Waals surface area contributed by atoms with E-state index in [0.29, 0.717) is 44.2 Å². The molecular formula is C21H28N3O4S+. The fourth-order valence-corrected chi connectivity index (χ4v) is 4.85. The number of piperazine rings is 1. The molecule has 0 atom stereocenters. The van der Waals surface area contributed by atoms with Crippen LogP contribution in [0.5, 0.6) is 5.75 Å². The Labute approximate surface area is 172 Å². The number of ether oxygens (including phenoxy) is 1. The van der Waals surface area contributed by atoms with Crippen molar-refractivity contribution in [1.82, 2.24) is 9.62 Å². The van der Waals surface area contributed by atoms with Crippen molar-refractivity contribution in [2.75, 3.05) is 46.4 Å². The Hall–Kier alpha value is -2.42. The lowest BCUT2D eigenvalue weighted by atomic mass is 10.1. The van der Waals surface area contributed by atoms with Crippen LogP contribution in [0.25, 0.3) is 0 Å². The van der Waals surface area contributed by atoms with E-state index in [9.17, 15) is 13.2 Å². The Morgan fingerprint density at radius 2 is 1.72 bits per heavy atom. The number of hydrogen-bond acceptors (Lipinski definition) is 4. The monoisotopic (exact) mass is 418 g/mol. The molecule has 0 bridgehead atoms. The molecule has 2 aromatic carbocycles. The minimum absolute atomic E-state index is 0.00659. The highest BCUT2D eigenvalue weighted by molar-refractivity contribution is 7.89. The van der Waals surface area contributed by atoms with Gasteiger partial charge in [0.25, 0.3) is 5.91 Å². The van der Waals surface area contributed by atoms with Crippen LogP contribution in [0.3, 0.4) is 0 Å². The van der Waals surface area contributed by atoms with E-state index >= 15 is 0 Å². The molecule has 29 heavy (non-hydrogen) atoms. The third-order valence-corrected chi connectivity index (χ3v) is 7.03. The van der Waals surface area contributed by atoms with Crippen LogP contribution in [-0.2, 0) is 21.2 Å². The van der Waals surface area contributed by atoms with Crippen LogP contribution < -0.4 is 15.0 Å². The number of amides is 1. The Kier molecular flexibility index (Phi) is 7.24. The first kappa shape index (κ1) is 21.3. The van der Waals surface area contributed by atoms with Gasteiger partial charge < -0.3 is 15.0 Å². The van der Waals surface area contributed by atoms with Crippen LogP contribution >= 0.6 is 0 Å². The number of carbonyl (C=O) groups excluding carboxylic acids is 1. The lowest BCUT2D eigenvalue weighted by Crippen LogP contribution is -3.15. The normalized spacial score (nSPS) is 15.8. The summed E-state index contributed by atoms with van der Waals surface area (Å²) in [5.41, 5.74) is 1.14. The van der Waals surface area contributed by atoms with E-state index in [1.807, 2.05) is 24.3 Å². The highest BCUT2D eigenvalue weighted by Crippen LogP contribution is 2.14. The molecule has 1 aliphatic rings. The van der Waals surface area contributed by atoms with Crippen LogP contribution in [0.4, 0.5) is 0 Å². The fourth-order valence-electron chi connectivity index (χ4n) is 3.39. The van der Waals surface area contributed by atoms with Gasteiger partial charge >= 0.3 is 0 Å². The van der Waals surface area contributed by atoms with Gasteiger partial charge in [-0.2, -0.15) is 4.31 Å². The Morgan fingerprint density at radius 1 is 1.07 bits per heavy atom. The predicted molar refractivity (Wildman–Crippen MR) is 110 cm³/mol. The number of nitrogens with one attached hydrogen (secondary N) is 2. The highest BCUT2D eigenvalue weighted by atomic mass is 32.2. The van der Waals surface area contributed by atoms with E-state index in [-0.39, 0.29) is 5.91 Å². The lowest BCUT2D eigenvalue weighted by molar-refractivity contribution is -0.895. The summed E-state index contributed by atoms with van der Waals surface area (Å²) in [4.78, 5) is 13.6. The van der Waals surface area contributed by atoms with Crippen molar-refractivity contribution < 1.29 is 22.8 Å². The number of methoxy groups -OCH3 is 1. The number of sulfonamides is 1. The first-order chi connectivity index (χ1) is 14.0. The van der Waals surface area contributed by atoms with E-state index in [1.54, 1.807) is 37.4 Å². The molecule has 0 aromatic heterocycles. The summed E-state index contributed by atoms with van der Waals surface area (Å²) in [6.45, 7) is 3.03. The smallest absolute Gasteiger partial charge is 0.275 e. The van der Waals surface area contributed by atoms with Crippen LogP contribution in [0.2, 0.25) is 0 Å². The summed E-state index contributed by atoms with van der Waals surface area (Å²) in [5.74, 6) is 0.808. The summed E-state index contributed by atoms with van der Waals surface area (Å²) in [7, 11) is -1.82. The summed E-state index contributed by atoms with van der Waals surface area (Å²) >= 11 is 0. The second-order valence-corrected chi connectivity index (χ2v) is 9.03. The molecule has 1 aliphatic heterocycles. The highest BCUT2D eigenvalue weighted by Gasteiger charge is 2.30. The third kappa shape index (κ3) is 5.79. The van der Waals surface area contributed by atoms with Crippen molar-refractivity contribution in [1.29, 1.82) is 0 Å². The van der Waals surface area contributed by atoms with Gasteiger partial charge in [0, 0.05) is 6.54 Å². The second-order valence-electron chi connectivity index (χ2n) is 7.09. The third-order valence-electron chi connectivity index (χ3n) is 5.12. The minimum atomic E-state index is -3.45. The topological polar surface area (TPSA) is 80.2 Å². The number of quaternary nitrogens is 1. The molecule has 1 fully saturated rings. The number of rotatable bonds is 8. The fraction of sp³-hybridized carbons (Fsp3) is 0.381. The van der Waals surface area contributed by atoms with Gasteiger partial charge in [0.05, 0.1) is 38.2 Å². The molecule has 0 spiro atoms. The molecule has 0 unspecified atom stereocenters. The minimum Gasteiger partial charge on any atom is -0.497 e. The van der Waals surface area contributed by atoms with Crippen molar-refractivity contribution in [3.8, 4) is 5.75 Å². The molecule has 8 heteroatoms. The van der Waals surface area contributed by atoms with Crippen molar-refractivity contribution in [2.24, 2.45) is 0 Å². The quantitative estimate of drug-likeness (QED) is 0.630. The van der Waals surface area contributed by atoms with Gasteiger partial charge in [-0.3, -0.25) is 4.79 Å². The molecule has 1 heterocycles. The van der Waals surface area contributed by atoms with Crippen molar-refractivity contribution >= 4 is 15.9 Å². The van der Waals surface area contributed by atoms with Crippen LogP contribution in [0.15, 0.2) is 59.5 Å². The van der Waals surface area contributed by atoms with Gasteiger partial charge in [0.1, 0.15) is 5.75 Å². The zero-order valence-corrected chi connectivity index (χ0v) is 17.5. The molecule has 156 valence electrons. The van der Waals surface area contributed by atoms with E-state index in [2.05, 4.69) is 5.32 Å².